The number of rotatable bonds is 8. The number of ether oxygens (including phenoxy) is 1. The third-order valence-corrected chi connectivity index (χ3v) is 3.14. The molecule has 2 aromatic rings. The minimum atomic E-state index is -0.00857. The van der Waals surface area contributed by atoms with Crippen molar-refractivity contribution >= 4 is 17.4 Å². The summed E-state index contributed by atoms with van der Waals surface area (Å²) in [5.41, 5.74) is 1.86. The van der Waals surface area contributed by atoms with Crippen molar-refractivity contribution in [2.75, 3.05) is 30.9 Å². The number of nitrogens with zero attached hydrogens (tertiary/aromatic N) is 1. The monoisotopic (exact) mass is 299 g/mol. The number of carbonyl (C=O) groups excluding carboxylic acids is 1. The minimum Gasteiger partial charge on any atom is -0.383 e. The molecule has 1 aromatic carbocycles. The first kappa shape index (κ1) is 16.0. The fourth-order valence-corrected chi connectivity index (χ4v) is 1.98. The molecular weight excluding hydrogens is 278 g/mol. The summed E-state index contributed by atoms with van der Waals surface area (Å²) in [6.07, 6.45) is 2.84. The Morgan fingerprint density at radius 1 is 1.18 bits per heavy atom. The Hall–Kier alpha value is -2.40. The molecule has 0 spiro atoms. The molecule has 0 aliphatic heterocycles. The molecule has 0 radical (unpaired) electrons. The highest BCUT2D eigenvalue weighted by Gasteiger charge is 2.03. The fraction of sp³-hybridized carbons (Fsp3) is 0.294. The third kappa shape index (κ3) is 5.54. The number of nitrogens with one attached hydrogen (secondary N) is 2. The molecule has 5 nitrogen and oxygen atoms in total. The van der Waals surface area contributed by atoms with E-state index in [1.54, 1.807) is 13.3 Å². The van der Waals surface area contributed by atoms with E-state index in [0.717, 1.165) is 17.8 Å². The van der Waals surface area contributed by atoms with E-state index in [4.69, 9.17) is 4.74 Å². The van der Waals surface area contributed by atoms with Gasteiger partial charge in [0.05, 0.1) is 18.5 Å². The summed E-state index contributed by atoms with van der Waals surface area (Å²) in [6, 6.07) is 13.6. The standard InChI is InChI=1S/C17H21N3O2/c1-22-12-11-18-16-9-8-15(13-19-16)20-17(21)10-7-14-5-3-2-4-6-14/h2-6,8-9,13H,7,10-12H2,1H3,(H,18,19)(H,20,21). The molecule has 1 heterocycles. The molecule has 2 N–H and O–H groups in total. The highest BCUT2D eigenvalue weighted by molar-refractivity contribution is 5.90. The van der Waals surface area contributed by atoms with Crippen molar-refractivity contribution in [3.8, 4) is 0 Å². The Labute approximate surface area is 130 Å². The number of benzene rings is 1. The number of aryl methyl sites for hydroxylation is 1. The van der Waals surface area contributed by atoms with Crippen molar-refractivity contribution in [3.05, 3.63) is 54.2 Å². The summed E-state index contributed by atoms with van der Waals surface area (Å²) in [6.45, 7) is 1.33. The van der Waals surface area contributed by atoms with Crippen LogP contribution < -0.4 is 10.6 Å². The lowest BCUT2D eigenvalue weighted by molar-refractivity contribution is -0.116. The van der Waals surface area contributed by atoms with E-state index >= 15 is 0 Å². The molecule has 22 heavy (non-hydrogen) atoms. The average molecular weight is 299 g/mol. The van der Waals surface area contributed by atoms with Gasteiger partial charge in [-0.1, -0.05) is 30.3 Å². The number of amides is 1. The van der Waals surface area contributed by atoms with Crippen molar-refractivity contribution in [1.82, 2.24) is 4.98 Å². The Morgan fingerprint density at radius 3 is 2.68 bits per heavy atom. The molecule has 0 unspecified atom stereocenters. The molecule has 5 heteroatoms. The van der Waals surface area contributed by atoms with E-state index in [1.165, 1.54) is 0 Å². The van der Waals surface area contributed by atoms with Gasteiger partial charge in [0, 0.05) is 20.1 Å². The Balaban J connectivity index is 1.76. The van der Waals surface area contributed by atoms with Gasteiger partial charge >= 0.3 is 0 Å². The second-order valence-electron chi connectivity index (χ2n) is 4.89. The average Bonchev–Trinajstić information content (AvgIpc) is 2.56. The van der Waals surface area contributed by atoms with Crippen molar-refractivity contribution in [2.45, 2.75) is 12.8 Å². The lowest BCUT2D eigenvalue weighted by atomic mass is 10.1. The number of pyridine rings is 1. The normalized spacial score (nSPS) is 10.2. The minimum absolute atomic E-state index is 0.00857. The number of anilines is 2. The van der Waals surface area contributed by atoms with Crippen LogP contribution in [0.2, 0.25) is 0 Å². The summed E-state index contributed by atoms with van der Waals surface area (Å²) in [7, 11) is 1.66. The van der Waals surface area contributed by atoms with Gasteiger partial charge in [0.2, 0.25) is 5.91 Å². The van der Waals surface area contributed by atoms with Gasteiger partial charge in [0.25, 0.3) is 0 Å². The summed E-state index contributed by atoms with van der Waals surface area (Å²) in [5, 5.41) is 5.98. The lowest BCUT2D eigenvalue weighted by Gasteiger charge is -2.07. The molecule has 116 valence electrons. The van der Waals surface area contributed by atoms with Gasteiger partial charge in [-0.25, -0.2) is 4.98 Å². The van der Waals surface area contributed by atoms with E-state index in [9.17, 15) is 4.79 Å². The zero-order chi connectivity index (χ0) is 15.6. The van der Waals surface area contributed by atoms with E-state index in [2.05, 4.69) is 15.6 Å². The zero-order valence-corrected chi connectivity index (χ0v) is 12.7. The van der Waals surface area contributed by atoms with Gasteiger partial charge < -0.3 is 15.4 Å². The van der Waals surface area contributed by atoms with E-state index in [-0.39, 0.29) is 5.91 Å². The number of hydrogen-bond donors (Lipinski definition) is 2. The van der Waals surface area contributed by atoms with E-state index in [1.807, 2.05) is 42.5 Å². The Bertz CT molecular complexity index is 570. The summed E-state index contributed by atoms with van der Waals surface area (Å²) < 4.78 is 4.96. The number of carbonyl (C=O) groups is 1. The first-order chi connectivity index (χ1) is 10.8. The van der Waals surface area contributed by atoms with Crippen LogP contribution in [0.3, 0.4) is 0 Å². The molecule has 0 atom stereocenters. The zero-order valence-electron chi connectivity index (χ0n) is 12.7. The van der Waals surface area contributed by atoms with Crippen molar-refractivity contribution in [3.63, 3.8) is 0 Å². The van der Waals surface area contributed by atoms with Gasteiger partial charge in [0.1, 0.15) is 5.82 Å². The van der Waals surface area contributed by atoms with Gasteiger partial charge in [-0.2, -0.15) is 0 Å². The van der Waals surface area contributed by atoms with Crippen LogP contribution in [0, 0.1) is 0 Å². The van der Waals surface area contributed by atoms with Crippen LogP contribution in [-0.2, 0) is 16.0 Å². The molecule has 2 rings (SSSR count). The van der Waals surface area contributed by atoms with E-state index < -0.39 is 0 Å². The predicted molar refractivity (Wildman–Crippen MR) is 88.0 cm³/mol. The molecule has 0 aliphatic rings. The molecule has 0 aliphatic carbocycles. The van der Waals surface area contributed by atoms with Gasteiger partial charge in [0.15, 0.2) is 0 Å². The highest BCUT2D eigenvalue weighted by atomic mass is 16.5. The second kappa shape index (κ2) is 8.79. The van der Waals surface area contributed by atoms with Crippen LogP contribution in [-0.4, -0.2) is 31.2 Å². The summed E-state index contributed by atoms with van der Waals surface area (Å²) in [5.74, 6) is 0.755. The van der Waals surface area contributed by atoms with Gasteiger partial charge in [-0.15, -0.1) is 0 Å². The highest BCUT2D eigenvalue weighted by Crippen LogP contribution is 2.10. The second-order valence-corrected chi connectivity index (χ2v) is 4.89. The van der Waals surface area contributed by atoms with Crippen LogP contribution in [0.1, 0.15) is 12.0 Å². The molecular formula is C17H21N3O2. The number of aromatic nitrogens is 1. The van der Waals surface area contributed by atoms with Crippen LogP contribution in [0.15, 0.2) is 48.7 Å². The van der Waals surface area contributed by atoms with Crippen molar-refractivity contribution < 1.29 is 9.53 Å². The molecule has 0 fully saturated rings. The van der Waals surface area contributed by atoms with Crippen LogP contribution in [0.4, 0.5) is 11.5 Å². The molecule has 1 amide bonds. The molecule has 1 aromatic heterocycles. The third-order valence-electron chi connectivity index (χ3n) is 3.14. The quantitative estimate of drug-likeness (QED) is 0.736. The topological polar surface area (TPSA) is 63.2 Å². The Morgan fingerprint density at radius 2 is 2.00 bits per heavy atom. The number of hydrogen-bond acceptors (Lipinski definition) is 4. The lowest BCUT2D eigenvalue weighted by Crippen LogP contribution is -2.13. The smallest absolute Gasteiger partial charge is 0.224 e. The predicted octanol–water partition coefficient (Wildman–Crippen LogP) is 2.71. The van der Waals surface area contributed by atoms with E-state index in [0.29, 0.717) is 25.3 Å². The molecule has 0 saturated heterocycles. The maximum Gasteiger partial charge on any atom is 0.224 e. The summed E-state index contributed by atoms with van der Waals surface area (Å²) >= 11 is 0. The number of methoxy groups -OCH3 is 1. The molecule has 0 saturated carbocycles. The first-order valence-corrected chi connectivity index (χ1v) is 7.30. The van der Waals surface area contributed by atoms with Crippen molar-refractivity contribution in [2.24, 2.45) is 0 Å². The maximum absolute atomic E-state index is 11.9. The van der Waals surface area contributed by atoms with Gasteiger partial charge in [-0.05, 0) is 24.1 Å². The SMILES string of the molecule is COCCNc1ccc(NC(=O)CCc2ccccc2)cn1. The first-order valence-electron chi connectivity index (χ1n) is 7.30. The Kier molecular flexibility index (Phi) is 6.39. The van der Waals surface area contributed by atoms with Crippen molar-refractivity contribution in [1.29, 1.82) is 0 Å². The fourth-order valence-electron chi connectivity index (χ4n) is 1.98. The summed E-state index contributed by atoms with van der Waals surface area (Å²) in [4.78, 5) is 16.2. The molecule has 0 bridgehead atoms. The van der Waals surface area contributed by atoms with Crippen LogP contribution >= 0.6 is 0 Å². The van der Waals surface area contributed by atoms with Crippen LogP contribution in [0.25, 0.3) is 0 Å². The van der Waals surface area contributed by atoms with Gasteiger partial charge in [-0.3, -0.25) is 4.79 Å². The largest absolute Gasteiger partial charge is 0.383 e. The van der Waals surface area contributed by atoms with Crippen LogP contribution in [0.5, 0.6) is 0 Å². The maximum atomic E-state index is 11.9.